The van der Waals surface area contributed by atoms with E-state index in [1.54, 1.807) is 0 Å². The van der Waals surface area contributed by atoms with Crippen molar-refractivity contribution < 1.29 is 51.0 Å². The van der Waals surface area contributed by atoms with Crippen molar-refractivity contribution in [3.05, 3.63) is 132 Å². The smallest absolute Gasteiger partial charge is 1.00 e. The molecule has 0 aromatic heterocycles. The molecule has 6 aromatic rings. The summed E-state index contributed by atoms with van der Waals surface area (Å²) in [5, 5.41) is 11.4. The molecule has 176 valence electrons. The van der Waals surface area contributed by atoms with Gasteiger partial charge in [-0.25, -0.2) is 0 Å². The van der Waals surface area contributed by atoms with Gasteiger partial charge in [0.15, 0.2) is 0 Å². The number of benzene rings is 4. The molecule has 4 heteroatoms. The van der Waals surface area contributed by atoms with Crippen LogP contribution in [0.25, 0.3) is 21.5 Å². The van der Waals surface area contributed by atoms with Crippen molar-refractivity contribution in [3.8, 4) is 0 Å². The van der Waals surface area contributed by atoms with Gasteiger partial charge in [0.25, 0.3) is 0 Å². The summed E-state index contributed by atoms with van der Waals surface area (Å²) in [7, 11) is -2.61. The molecule has 6 rings (SSSR count). The first-order valence-electron chi connectivity index (χ1n) is 11.6. The van der Waals surface area contributed by atoms with E-state index in [0.717, 1.165) is 0 Å². The summed E-state index contributed by atoms with van der Waals surface area (Å²) in [6.45, 7) is 4.62. The van der Waals surface area contributed by atoms with Gasteiger partial charge in [-0.15, -0.1) is 91.6 Å². The molecular weight excluding hydrogens is 575 g/mol. The molecule has 0 amide bonds. The van der Waals surface area contributed by atoms with Crippen LogP contribution >= 0.6 is 0 Å². The normalized spacial score (nSPS) is 10.9. The average Bonchev–Trinajstić information content (AvgIpc) is 3.38. The summed E-state index contributed by atoms with van der Waals surface area (Å²) >= 11 is 0. The van der Waals surface area contributed by atoms with Crippen molar-refractivity contribution in [2.45, 2.75) is 13.8 Å². The van der Waals surface area contributed by atoms with E-state index in [4.69, 9.17) is 0 Å². The van der Waals surface area contributed by atoms with Crippen LogP contribution in [0, 0.1) is 13.8 Å². The van der Waals surface area contributed by atoms with Crippen molar-refractivity contribution in [1.82, 2.24) is 0 Å². The molecule has 0 bridgehead atoms. The van der Waals surface area contributed by atoms with E-state index in [1.807, 2.05) is 0 Å². The Hall–Kier alpha value is -2.22. The van der Waals surface area contributed by atoms with Crippen LogP contribution < -0.4 is 45.6 Å². The van der Waals surface area contributed by atoms with Gasteiger partial charge in [-0.05, 0) is 0 Å². The Kier molecular flexibility index (Phi) is 9.02. The molecule has 0 saturated carbocycles. The summed E-state index contributed by atoms with van der Waals surface area (Å²) in [5.41, 5.74) is 2.78. The summed E-state index contributed by atoms with van der Waals surface area (Å²) in [6, 6.07) is 45.2. The van der Waals surface area contributed by atoms with E-state index in [-0.39, 0.29) is 51.0 Å². The van der Waals surface area contributed by atoms with Crippen molar-refractivity contribution in [3.63, 3.8) is 0 Å². The van der Waals surface area contributed by atoms with Crippen molar-refractivity contribution in [2.75, 3.05) is 0 Å². The molecule has 0 aliphatic heterocycles. The van der Waals surface area contributed by atoms with Gasteiger partial charge in [0, 0.05) is 0 Å². The molecule has 0 heterocycles. The maximum absolute atomic E-state index is 2.61. The summed E-state index contributed by atoms with van der Waals surface area (Å²) in [4.78, 5) is 0. The van der Waals surface area contributed by atoms with Gasteiger partial charge in [0.05, 0.1) is 8.07 Å². The van der Waals surface area contributed by atoms with Crippen LogP contribution in [0.5, 0.6) is 0 Å². The third-order valence-electron chi connectivity index (χ3n) is 7.16. The zero-order valence-corrected chi connectivity index (χ0v) is 25.3. The molecule has 0 spiro atoms. The second-order valence-electron chi connectivity index (χ2n) is 9.06. The van der Waals surface area contributed by atoms with Gasteiger partial charge in [0.1, 0.15) is 0 Å². The van der Waals surface area contributed by atoms with Crippen molar-refractivity contribution >= 4 is 50.4 Å². The molecule has 0 aliphatic rings. The standard InChI is InChI=1S/C32H26Si.2ClH.Zr/c1-23-21-25-13-9-11-19-29(25)31(23)33(27-15-5-3-6-16-27,28-17-7-4-8-18-28)32-24(2)22-26-14-10-12-20-30(26)32;;;/h3-22H,1-2H3;2*1H;/q-2;;;+4/p-2. The van der Waals surface area contributed by atoms with E-state index in [9.17, 15) is 0 Å². The maximum atomic E-state index is 2.39. The minimum atomic E-state index is -2.61. The number of rotatable bonds is 4. The fourth-order valence-corrected chi connectivity index (χ4v) is 11.7. The Morgan fingerprint density at radius 2 is 0.806 bits per heavy atom. The van der Waals surface area contributed by atoms with E-state index in [0.29, 0.717) is 0 Å². The molecule has 36 heavy (non-hydrogen) atoms. The number of halogens is 2. The van der Waals surface area contributed by atoms with Gasteiger partial charge < -0.3 is 24.8 Å². The average molecular weight is 601 g/mol. The minimum Gasteiger partial charge on any atom is -1.00 e. The molecule has 0 N–H and O–H groups in total. The van der Waals surface area contributed by atoms with Crippen LogP contribution in [-0.4, -0.2) is 8.07 Å². The van der Waals surface area contributed by atoms with Crippen LogP contribution in [0.2, 0.25) is 0 Å². The predicted octanol–water partition coefficient (Wildman–Crippen LogP) is -0.569. The Morgan fingerprint density at radius 1 is 0.472 bits per heavy atom. The molecule has 0 atom stereocenters. The van der Waals surface area contributed by atoms with Crippen LogP contribution in [0.4, 0.5) is 0 Å². The van der Waals surface area contributed by atoms with Crippen molar-refractivity contribution in [1.29, 1.82) is 0 Å². The fourth-order valence-electron chi connectivity index (χ4n) is 5.98. The molecule has 6 aromatic carbocycles. The second-order valence-corrected chi connectivity index (χ2v) is 12.7. The van der Waals surface area contributed by atoms with Gasteiger partial charge in [-0.1, -0.05) is 97.0 Å². The summed E-state index contributed by atoms with van der Waals surface area (Å²) < 4.78 is 0. The molecule has 0 radical (unpaired) electrons. The second kappa shape index (κ2) is 11.4. The number of hydrogen-bond donors (Lipinski definition) is 0. The Bertz CT molecular complexity index is 1460. The zero-order valence-electron chi connectivity index (χ0n) is 20.3. The summed E-state index contributed by atoms with van der Waals surface area (Å²) in [6.07, 6.45) is 0. The van der Waals surface area contributed by atoms with E-state index in [2.05, 4.69) is 135 Å². The quantitative estimate of drug-likeness (QED) is 0.188. The van der Waals surface area contributed by atoms with E-state index < -0.39 is 8.07 Å². The zero-order chi connectivity index (χ0) is 22.4. The maximum Gasteiger partial charge on any atom is 4.00 e. The first-order chi connectivity index (χ1) is 16.2. The van der Waals surface area contributed by atoms with Crippen molar-refractivity contribution in [2.24, 2.45) is 0 Å². The third-order valence-corrected chi connectivity index (χ3v) is 12.4. The van der Waals surface area contributed by atoms with Gasteiger partial charge >= 0.3 is 26.2 Å². The molecule has 0 fully saturated rings. The van der Waals surface area contributed by atoms with Gasteiger partial charge in [-0.2, -0.15) is 0 Å². The predicted molar refractivity (Wildman–Crippen MR) is 146 cm³/mol. The molecule has 0 unspecified atom stereocenters. The number of aryl methyl sites for hydroxylation is 2. The summed E-state index contributed by atoms with van der Waals surface area (Å²) in [5.74, 6) is 0. The minimum absolute atomic E-state index is 0. The van der Waals surface area contributed by atoms with E-state index in [1.165, 1.54) is 53.4 Å². The first-order valence-corrected chi connectivity index (χ1v) is 13.6. The number of hydrogen-bond acceptors (Lipinski definition) is 0. The molecule has 0 nitrogen and oxygen atoms in total. The Labute approximate surface area is 246 Å². The Morgan fingerprint density at radius 3 is 1.19 bits per heavy atom. The van der Waals surface area contributed by atoms with E-state index >= 15 is 0 Å². The largest absolute Gasteiger partial charge is 4.00 e. The van der Waals surface area contributed by atoms with Crippen LogP contribution in [0.3, 0.4) is 0 Å². The number of fused-ring (bicyclic) bond motifs is 2. The topological polar surface area (TPSA) is 0 Å². The molecule has 0 aliphatic carbocycles. The van der Waals surface area contributed by atoms with Gasteiger partial charge in [-0.3, -0.25) is 0 Å². The first kappa shape index (κ1) is 28.4. The van der Waals surface area contributed by atoms with Crippen LogP contribution in [0.1, 0.15) is 11.1 Å². The fraction of sp³-hybridized carbons (Fsp3) is 0.0625. The van der Waals surface area contributed by atoms with Crippen LogP contribution in [0.15, 0.2) is 121 Å². The molecule has 0 saturated heterocycles. The molecular formula is C32H26Cl2SiZr. The van der Waals surface area contributed by atoms with Crippen LogP contribution in [-0.2, 0) is 26.2 Å². The monoisotopic (exact) mass is 598 g/mol. The third kappa shape index (κ3) is 4.29. The Balaban J connectivity index is 0.00000120. The SMILES string of the molecule is Cc1[cH-]c2ccccc2c1[Si](c1ccccc1)(c1ccccc1)c1c(C)[cH-]c2ccccc12.[Cl-].[Cl-].[Zr+4]. The van der Waals surface area contributed by atoms with Gasteiger partial charge in [0.2, 0.25) is 0 Å².